The molecule has 0 saturated carbocycles. The first-order chi connectivity index (χ1) is 20.1. The van der Waals surface area contributed by atoms with Crippen molar-refractivity contribution < 1.29 is 19.4 Å². The lowest BCUT2D eigenvalue weighted by molar-refractivity contribution is 0.0697. The average Bonchev–Trinajstić information content (AvgIpc) is 2.92. The molecule has 0 aliphatic carbocycles. The van der Waals surface area contributed by atoms with Gasteiger partial charge in [0.15, 0.2) is 5.54 Å². The molecule has 6 nitrogen and oxygen atoms in total. The standard InChI is InChI=1S/C36H39N2O4P/c1-9-37-29-17-31-27(15-25(29)21(3)19-35(37,5)6)33(23-11-13-24(14-12-23)34(39)40)28-16-26-22(4)20-36(7,8)38(10-2)30(26)18-32(28)43(31,41)42/h11-20H,9-10H2,1-8H3,(H-,39,40,41,42)/p+1. The smallest absolute Gasteiger partial charge is 0.335 e. The van der Waals surface area contributed by atoms with Gasteiger partial charge in [0.05, 0.1) is 21.7 Å². The quantitative estimate of drug-likeness (QED) is 0.332. The van der Waals surface area contributed by atoms with Crippen molar-refractivity contribution in [2.45, 2.75) is 66.5 Å². The lowest BCUT2D eigenvalue weighted by atomic mass is 9.85. The van der Waals surface area contributed by atoms with Gasteiger partial charge in [0, 0.05) is 43.3 Å². The van der Waals surface area contributed by atoms with Crippen LogP contribution in [0.4, 0.5) is 5.69 Å². The molecule has 1 unspecified atom stereocenters. The zero-order valence-electron chi connectivity index (χ0n) is 26.2. The summed E-state index contributed by atoms with van der Waals surface area (Å²) in [6.45, 7) is 18.6. The fraction of sp³-hybridized carbons (Fsp3) is 0.333. The van der Waals surface area contributed by atoms with Crippen LogP contribution in [0.5, 0.6) is 0 Å². The van der Waals surface area contributed by atoms with Gasteiger partial charge in [0.2, 0.25) is 5.36 Å². The molecule has 0 saturated heterocycles. The van der Waals surface area contributed by atoms with Crippen molar-refractivity contribution in [3.05, 3.63) is 99.1 Å². The van der Waals surface area contributed by atoms with Crippen LogP contribution in [0, 0.1) is 0 Å². The molecule has 0 spiro atoms. The average molecular weight is 596 g/mol. The minimum absolute atomic E-state index is 0.198. The third-order valence-electron chi connectivity index (χ3n) is 9.43. The number of anilines is 1. The number of nitrogens with zero attached hydrogens (tertiary/aromatic N) is 2. The van der Waals surface area contributed by atoms with E-state index in [-0.39, 0.29) is 16.6 Å². The predicted molar refractivity (Wildman–Crippen MR) is 176 cm³/mol. The summed E-state index contributed by atoms with van der Waals surface area (Å²) < 4.78 is 17.1. The normalized spacial score (nSPS) is 21.3. The molecular formula is C36H40N2O4P+. The van der Waals surface area contributed by atoms with Gasteiger partial charge in [0.25, 0.3) is 7.37 Å². The maximum Gasteiger partial charge on any atom is 0.335 e. The molecule has 3 aliphatic rings. The Labute approximate surface area is 253 Å². The van der Waals surface area contributed by atoms with Crippen LogP contribution in [-0.2, 0) is 4.57 Å². The number of hydrogen-bond donors (Lipinski definition) is 2. The maximum atomic E-state index is 14.8. The summed E-state index contributed by atoms with van der Waals surface area (Å²) in [7, 11) is -4.05. The Morgan fingerprint density at radius 2 is 1.53 bits per heavy atom. The number of carboxylic acids is 1. The van der Waals surface area contributed by atoms with E-state index in [0.29, 0.717) is 21.4 Å². The third kappa shape index (κ3) is 4.29. The minimum Gasteiger partial charge on any atom is -0.478 e. The maximum absolute atomic E-state index is 14.8. The highest BCUT2D eigenvalue weighted by Gasteiger charge is 2.41. The van der Waals surface area contributed by atoms with Crippen molar-refractivity contribution in [2.75, 3.05) is 18.0 Å². The number of likely N-dealkylation sites (N-methyl/N-ethyl adjacent to an activating group) is 2. The van der Waals surface area contributed by atoms with E-state index >= 15 is 0 Å². The summed E-state index contributed by atoms with van der Waals surface area (Å²) in [5, 5.41) is 12.1. The van der Waals surface area contributed by atoms with Crippen LogP contribution in [0.2, 0.25) is 0 Å². The van der Waals surface area contributed by atoms with Crippen molar-refractivity contribution in [1.82, 2.24) is 4.58 Å². The largest absolute Gasteiger partial charge is 0.478 e. The van der Waals surface area contributed by atoms with Crippen molar-refractivity contribution in [2.24, 2.45) is 0 Å². The molecule has 0 radical (unpaired) electrons. The van der Waals surface area contributed by atoms with Crippen LogP contribution in [0.15, 0.2) is 60.7 Å². The van der Waals surface area contributed by atoms with Gasteiger partial charge in [-0.15, -0.1) is 0 Å². The van der Waals surface area contributed by atoms with Crippen LogP contribution in [0.1, 0.15) is 88.0 Å². The van der Waals surface area contributed by atoms with Crippen molar-refractivity contribution in [1.29, 1.82) is 0 Å². The molecule has 1 atom stereocenters. The molecule has 0 fully saturated rings. The van der Waals surface area contributed by atoms with E-state index in [1.807, 2.05) is 24.3 Å². The number of hydrogen-bond acceptors (Lipinski definition) is 3. The van der Waals surface area contributed by atoms with E-state index in [9.17, 15) is 19.4 Å². The second kappa shape index (κ2) is 9.64. The molecule has 6 rings (SSSR count). The topological polar surface area (TPSA) is 80.9 Å². The molecule has 3 aliphatic heterocycles. The van der Waals surface area contributed by atoms with Crippen LogP contribution in [-0.4, -0.2) is 40.1 Å². The zero-order valence-corrected chi connectivity index (χ0v) is 27.1. The summed E-state index contributed by atoms with van der Waals surface area (Å²) in [6.07, 6.45) is 4.51. The van der Waals surface area contributed by atoms with Crippen molar-refractivity contribution in [3.63, 3.8) is 0 Å². The summed E-state index contributed by atoms with van der Waals surface area (Å²) in [5.74, 6) is -0.991. The third-order valence-corrected chi connectivity index (χ3v) is 11.5. The minimum atomic E-state index is -4.05. The summed E-state index contributed by atoms with van der Waals surface area (Å²) in [4.78, 5) is 26.1. The lowest BCUT2D eigenvalue weighted by Crippen LogP contribution is -2.51. The van der Waals surface area contributed by atoms with E-state index in [1.165, 1.54) is 0 Å². The highest BCUT2D eigenvalue weighted by molar-refractivity contribution is 7.73. The molecule has 2 N–H and O–H groups in total. The molecule has 0 aromatic heterocycles. The molecular weight excluding hydrogens is 555 g/mol. The lowest BCUT2D eigenvalue weighted by Gasteiger charge is -2.43. The highest BCUT2D eigenvalue weighted by atomic mass is 31.2. The number of carbonyl (C=O) groups is 1. The van der Waals surface area contributed by atoms with Crippen molar-refractivity contribution in [3.8, 4) is 0 Å². The molecule has 3 aromatic carbocycles. The number of aromatic carboxylic acids is 1. The van der Waals surface area contributed by atoms with Gasteiger partial charge in [-0.25, -0.2) is 9.37 Å². The second-order valence-electron chi connectivity index (χ2n) is 13.1. The molecule has 0 bridgehead atoms. The van der Waals surface area contributed by atoms with E-state index in [1.54, 1.807) is 12.1 Å². The van der Waals surface area contributed by atoms with Gasteiger partial charge in [-0.1, -0.05) is 18.2 Å². The van der Waals surface area contributed by atoms with Gasteiger partial charge in [0.1, 0.15) is 6.54 Å². The van der Waals surface area contributed by atoms with E-state index in [0.717, 1.165) is 57.5 Å². The Morgan fingerprint density at radius 1 is 0.884 bits per heavy atom. The Hall–Kier alpha value is -3.73. The fourth-order valence-corrected chi connectivity index (χ4v) is 9.51. The Bertz CT molecular complexity index is 1980. The van der Waals surface area contributed by atoms with Gasteiger partial charge in [-0.2, -0.15) is 0 Å². The molecule has 3 aromatic rings. The molecule has 3 heterocycles. The van der Waals surface area contributed by atoms with E-state index in [2.05, 4.69) is 89.2 Å². The van der Waals surface area contributed by atoms with Gasteiger partial charge < -0.3 is 14.9 Å². The second-order valence-corrected chi connectivity index (χ2v) is 15.2. The Kier molecular flexibility index (Phi) is 6.58. The first-order valence-electron chi connectivity index (χ1n) is 15.0. The Balaban J connectivity index is 1.80. The SMILES string of the molecule is CCN1c2cc3c(cc2C(C)=CC1(C)C)C(c1ccc(C(=O)O)cc1)=c1cc2c(cc1P3(=O)O)=[N+](CC)C(C)(C)C=C2C. The predicted octanol–water partition coefficient (Wildman–Crippen LogP) is 4.90. The summed E-state index contributed by atoms with van der Waals surface area (Å²) in [6, 6.07) is 14.9. The van der Waals surface area contributed by atoms with Crippen LogP contribution >= 0.6 is 7.37 Å². The first-order valence-corrected chi connectivity index (χ1v) is 16.6. The van der Waals surface area contributed by atoms with E-state index in [4.69, 9.17) is 0 Å². The molecule has 7 heteroatoms. The number of fused-ring (bicyclic) bond motifs is 4. The van der Waals surface area contributed by atoms with Gasteiger partial charge in [-0.05, 0) is 111 Å². The number of allylic oxidation sites excluding steroid dienone is 2. The van der Waals surface area contributed by atoms with Gasteiger partial charge >= 0.3 is 5.97 Å². The van der Waals surface area contributed by atoms with Gasteiger partial charge in [-0.3, -0.25) is 4.57 Å². The molecule has 43 heavy (non-hydrogen) atoms. The number of benzene rings is 3. The molecule has 0 amide bonds. The first kappa shape index (κ1) is 29.3. The summed E-state index contributed by atoms with van der Waals surface area (Å²) >= 11 is 0. The van der Waals surface area contributed by atoms with E-state index < -0.39 is 13.3 Å². The molecule has 222 valence electrons. The Morgan fingerprint density at radius 3 is 2.14 bits per heavy atom. The monoisotopic (exact) mass is 595 g/mol. The summed E-state index contributed by atoms with van der Waals surface area (Å²) in [5.41, 5.74) is 7.34. The van der Waals surface area contributed by atoms with Crippen LogP contribution in [0.25, 0.3) is 16.7 Å². The zero-order chi connectivity index (χ0) is 31.2. The number of rotatable bonds is 4. The fourth-order valence-electron chi connectivity index (χ4n) is 7.65. The number of carboxylic acid groups (broad SMARTS) is 1. The van der Waals surface area contributed by atoms with Crippen LogP contribution in [0.3, 0.4) is 0 Å². The highest BCUT2D eigenvalue weighted by Crippen LogP contribution is 2.48. The van der Waals surface area contributed by atoms with Crippen molar-refractivity contribution >= 4 is 46.4 Å². The van der Waals surface area contributed by atoms with Crippen LogP contribution < -0.4 is 30.7 Å².